The zero-order valence-corrected chi connectivity index (χ0v) is 14.7. The van der Waals surface area contributed by atoms with Crippen LogP contribution in [0.4, 0.5) is 5.69 Å². The summed E-state index contributed by atoms with van der Waals surface area (Å²) >= 11 is 1.50. The second-order valence-corrected chi connectivity index (χ2v) is 6.65. The number of carbonyl (C=O) groups excluding carboxylic acids is 1. The molecule has 3 aromatic rings. The van der Waals surface area contributed by atoms with Crippen molar-refractivity contribution < 1.29 is 4.79 Å². The summed E-state index contributed by atoms with van der Waals surface area (Å²) in [5, 5.41) is 0.978. The molecule has 0 atom stereocenters. The fraction of sp³-hybridized carbons (Fsp3) is 0.200. The van der Waals surface area contributed by atoms with Gasteiger partial charge in [0.15, 0.2) is 0 Å². The number of rotatable bonds is 5. The maximum absolute atomic E-state index is 13.0. The molecule has 1 aromatic heterocycles. The fourth-order valence-electron chi connectivity index (χ4n) is 2.67. The van der Waals surface area contributed by atoms with Crippen LogP contribution in [0.5, 0.6) is 0 Å². The normalized spacial score (nSPS) is 10.6. The molecule has 0 bridgehead atoms. The van der Waals surface area contributed by atoms with Crippen LogP contribution in [-0.2, 0) is 6.42 Å². The Balaban J connectivity index is 1.85. The standard InChI is InChI=1S/C20H20N2OS/c1-3-22(17-12-8-5-9-13-17)20(23)19-15(2)21-18(24-19)14-16-10-6-4-7-11-16/h4-13H,3,14H2,1-2H3. The van der Waals surface area contributed by atoms with E-state index in [1.54, 1.807) is 4.90 Å². The molecule has 0 saturated carbocycles. The summed E-state index contributed by atoms with van der Waals surface area (Å²) in [6.07, 6.45) is 0.761. The third-order valence-corrected chi connectivity index (χ3v) is 5.01. The minimum absolute atomic E-state index is 0.0259. The first kappa shape index (κ1) is 16.4. The van der Waals surface area contributed by atoms with E-state index in [9.17, 15) is 4.79 Å². The van der Waals surface area contributed by atoms with Gasteiger partial charge in [-0.2, -0.15) is 0 Å². The number of amides is 1. The van der Waals surface area contributed by atoms with Crippen molar-refractivity contribution >= 4 is 22.9 Å². The molecular weight excluding hydrogens is 316 g/mol. The lowest BCUT2D eigenvalue weighted by Gasteiger charge is -2.20. The molecule has 0 saturated heterocycles. The molecule has 1 amide bonds. The number of aryl methyl sites for hydroxylation is 1. The number of thiazole rings is 1. The molecule has 0 unspecified atom stereocenters. The number of hydrogen-bond donors (Lipinski definition) is 0. The van der Waals surface area contributed by atoms with Crippen LogP contribution in [0.2, 0.25) is 0 Å². The van der Waals surface area contributed by atoms with Crippen molar-refractivity contribution in [3.63, 3.8) is 0 Å². The van der Waals surface area contributed by atoms with Crippen LogP contribution in [-0.4, -0.2) is 17.4 Å². The van der Waals surface area contributed by atoms with E-state index >= 15 is 0 Å². The smallest absolute Gasteiger partial charge is 0.270 e. The first-order valence-corrected chi connectivity index (χ1v) is 8.88. The summed E-state index contributed by atoms with van der Waals surface area (Å²) in [4.78, 5) is 20.1. The molecular formula is C20H20N2OS. The van der Waals surface area contributed by atoms with Crippen molar-refractivity contribution in [2.45, 2.75) is 20.3 Å². The molecule has 0 radical (unpaired) electrons. The molecule has 2 aromatic carbocycles. The monoisotopic (exact) mass is 336 g/mol. The van der Waals surface area contributed by atoms with Gasteiger partial charge in [0.05, 0.1) is 10.7 Å². The van der Waals surface area contributed by atoms with Gasteiger partial charge in [-0.15, -0.1) is 11.3 Å². The van der Waals surface area contributed by atoms with Crippen LogP contribution in [0, 0.1) is 6.92 Å². The summed E-state index contributed by atoms with van der Waals surface area (Å²) in [5.74, 6) is 0.0259. The summed E-state index contributed by atoms with van der Waals surface area (Å²) in [6.45, 7) is 4.54. The highest BCUT2D eigenvalue weighted by atomic mass is 32.1. The lowest BCUT2D eigenvalue weighted by Crippen LogP contribution is -2.30. The molecule has 0 fully saturated rings. The highest BCUT2D eigenvalue weighted by Gasteiger charge is 2.21. The van der Waals surface area contributed by atoms with E-state index < -0.39 is 0 Å². The Hall–Kier alpha value is -2.46. The molecule has 24 heavy (non-hydrogen) atoms. The third-order valence-electron chi connectivity index (χ3n) is 3.86. The lowest BCUT2D eigenvalue weighted by atomic mass is 10.2. The number of para-hydroxylation sites is 1. The quantitative estimate of drug-likeness (QED) is 0.676. The van der Waals surface area contributed by atoms with Crippen molar-refractivity contribution in [3.05, 3.63) is 81.8 Å². The Morgan fingerprint density at radius 2 is 1.67 bits per heavy atom. The Labute approximate surface area is 146 Å². The maximum Gasteiger partial charge on any atom is 0.270 e. The van der Waals surface area contributed by atoms with E-state index in [1.165, 1.54) is 16.9 Å². The van der Waals surface area contributed by atoms with Gasteiger partial charge in [-0.05, 0) is 31.5 Å². The predicted octanol–water partition coefficient (Wildman–Crippen LogP) is 4.71. The van der Waals surface area contributed by atoms with Crippen LogP contribution in [0.25, 0.3) is 0 Å². The zero-order chi connectivity index (χ0) is 16.9. The Kier molecular flexibility index (Phi) is 5.06. The Morgan fingerprint density at radius 3 is 2.29 bits per heavy atom. The van der Waals surface area contributed by atoms with E-state index in [1.807, 2.05) is 62.4 Å². The van der Waals surface area contributed by atoms with Crippen LogP contribution in [0.1, 0.15) is 32.9 Å². The third kappa shape index (κ3) is 3.54. The molecule has 0 aliphatic heterocycles. The number of nitrogens with zero attached hydrogens (tertiary/aromatic N) is 2. The van der Waals surface area contributed by atoms with Crippen molar-refractivity contribution in [1.29, 1.82) is 0 Å². The molecule has 4 heteroatoms. The van der Waals surface area contributed by atoms with Crippen LogP contribution in [0.15, 0.2) is 60.7 Å². The predicted molar refractivity (Wildman–Crippen MR) is 99.9 cm³/mol. The van der Waals surface area contributed by atoms with Crippen molar-refractivity contribution in [2.75, 3.05) is 11.4 Å². The average molecular weight is 336 g/mol. The Bertz CT molecular complexity index is 812. The van der Waals surface area contributed by atoms with Crippen molar-refractivity contribution in [1.82, 2.24) is 4.98 Å². The first-order chi connectivity index (χ1) is 11.7. The van der Waals surface area contributed by atoms with Gasteiger partial charge in [0, 0.05) is 18.7 Å². The molecule has 0 aliphatic rings. The summed E-state index contributed by atoms with van der Waals surface area (Å²) in [5.41, 5.74) is 2.94. The zero-order valence-electron chi connectivity index (χ0n) is 13.9. The van der Waals surface area contributed by atoms with Gasteiger partial charge < -0.3 is 4.90 Å². The molecule has 0 spiro atoms. The maximum atomic E-state index is 13.0. The van der Waals surface area contributed by atoms with E-state index in [0.717, 1.165) is 27.7 Å². The summed E-state index contributed by atoms with van der Waals surface area (Å²) in [7, 11) is 0. The fourth-order valence-corrected chi connectivity index (χ4v) is 3.72. The largest absolute Gasteiger partial charge is 0.308 e. The number of hydrogen-bond acceptors (Lipinski definition) is 3. The van der Waals surface area contributed by atoms with Gasteiger partial charge >= 0.3 is 0 Å². The van der Waals surface area contributed by atoms with Gasteiger partial charge in [-0.3, -0.25) is 4.79 Å². The van der Waals surface area contributed by atoms with E-state index in [4.69, 9.17) is 0 Å². The van der Waals surface area contributed by atoms with E-state index in [0.29, 0.717) is 6.54 Å². The highest BCUT2D eigenvalue weighted by Crippen LogP contribution is 2.25. The van der Waals surface area contributed by atoms with Gasteiger partial charge in [-0.25, -0.2) is 4.98 Å². The van der Waals surface area contributed by atoms with Crippen molar-refractivity contribution in [3.8, 4) is 0 Å². The molecule has 0 aliphatic carbocycles. The molecule has 122 valence electrons. The van der Waals surface area contributed by atoms with E-state index in [2.05, 4.69) is 17.1 Å². The van der Waals surface area contributed by atoms with Crippen LogP contribution in [0.3, 0.4) is 0 Å². The summed E-state index contributed by atoms with van der Waals surface area (Å²) in [6, 6.07) is 20.0. The Morgan fingerprint density at radius 1 is 1.04 bits per heavy atom. The average Bonchev–Trinajstić information content (AvgIpc) is 2.97. The minimum Gasteiger partial charge on any atom is -0.308 e. The second-order valence-electron chi connectivity index (χ2n) is 5.57. The molecule has 1 heterocycles. The minimum atomic E-state index is 0.0259. The highest BCUT2D eigenvalue weighted by molar-refractivity contribution is 7.14. The first-order valence-electron chi connectivity index (χ1n) is 8.06. The SMILES string of the molecule is CCN(C(=O)c1sc(Cc2ccccc2)nc1C)c1ccccc1. The van der Waals surface area contributed by atoms with E-state index in [-0.39, 0.29) is 5.91 Å². The van der Waals surface area contributed by atoms with Crippen LogP contribution < -0.4 is 4.90 Å². The van der Waals surface area contributed by atoms with Gasteiger partial charge in [0.2, 0.25) is 0 Å². The number of aromatic nitrogens is 1. The van der Waals surface area contributed by atoms with Crippen molar-refractivity contribution in [2.24, 2.45) is 0 Å². The molecule has 3 nitrogen and oxygen atoms in total. The molecule has 3 rings (SSSR count). The van der Waals surface area contributed by atoms with Gasteiger partial charge in [0.1, 0.15) is 4.88 Å². The molecule has 0 N–H and O–H groups in total. The number of anilines is 1. The lowest BCUT2D eigenvalue weighted by molar-refractivity contribution is 0.0991. The summed E-state index contributed by atoms with van der Waals surface area (Å²) < 4.78 is 0. The number of benzene rings is 2. The van der Waals surface area contributed by atoms with Gasteiger partial charge in [0.25, 0.3) is 5.91 Å². The second kappa shape index (κ2) is 7.41. The van der Waals surface area contributed by atoms with Crippen LogP contribution >= 0.6 is 11.3 Å². The topological polar surface area (TPSA) is 33.2 Å². The number of carbonyl (C=O) groups is 1. The van der Waals surface area contributed by atoms with Gasteiger partial charge in [-0.1, -0.05) is 48.5 Å².